The summed E-state index contributed by atoms with van der Waals surface area (Å²) in [6.07, 6.45) is -1.81. The number of rotatable bonds is 5. The highest BCUT2D eigenvalue weighted by atomic mass is 19.4. The first-order valence-corrected chi connectivity index (χ1v) is 8.42. The van der Waals surface area contributed by atoms with E-state index in [0.717, 1.165) is 23.3 Å². The summed E-state index contributed by atoms with van der Waals surface area (Å²) in [7, 11) is 0. The van der Waals surface area contributed by atoms with Gasteiger partial charge in [-0.1, -0.05) is 30.3 Å². The molecule has 0 radical (unpaired) electrons. The van der Waals surface area contributed by atoms with Crippen molar-refractivity contribution in [2.45, 2.75) is 19.6 Å². The third kappa shape index (κ3) is 4.85. The zero-order chi connectivity index (χ0) is 20.1. The molecule has 0 aliphatic heterocycles. The molecule has 1 heterocycles. The molecule has 0 aliphatic carbocycles. The Balaban J connectivity index is 1.63. The van der Waals surface area contributed by atoms with Crippen LogP contribution in [0.25, 0.3) is 0 Å². The van der Waals surface area contributed by atoms with Crippen molar-refractivity contribution in [1.82, 2.24) is 9.97 Å². The molecule has 28 heavy (non-hydrogen) atoms. The van der Waals surface area contributed by atoms with Crippen molar-refractivity contribution in [3.63, 3.8) is 0 Å². The molecule has 3 rings (SSSR count). The van der Waals surface area contributed by atoms with Crippen LogP contribution in [0.5, 0.6) is 0 Å². The molecule has 5 nitrogen and oxygen atoms in total. The number of aromatic nitrogens is 2. The van der Waals surface area contributed by atoms with E-state index >= 15 is 0 Å². The van der Waals surface area contributed by atoms with E-state index in [1.165, 1.54) is 24.5 Å². The highest BCUT2D eigenvalue weighted by Crippen LogP contribution is 2.30. The van der Waals surface area contributed by atoms with Gasteiger partial charge in [-0.05, 0) is 36.2 Å². The van der Waals surface area contributed by atoms with E-state index in [9.17, 15) is 18.0 Å². The number of benzene rings is 2. The van der Waals surface area contributed by atoms with Gasteiger partial charge in [0.1, 0.15) is 11.5 Å². The first kappa shape index (κ1) is 19.3. The predicted molar refractivity (Wildman–Crippen MR) is 99.9 cm³/mol. The number of hydrogen-bond donors (Lipinski definition) is 2. The number of aryl methyl sites for hydroxylation is 1. The maximum atomic E-state index is 12.8. The van der Waals surface area contributed by atoms with Crippen LogP contribution in [0.1, 0.15) is 27.2 Å². The normalized spacial score (nSPS) is 11.1. The molecule has 2 N–H and O–H groups in total. The molecule has 0 aliphatic rings. The number of nitrogens with zero attached hydrogens (tertiary/aromatic N) is 2. The second-order valence-electron chi connectivity index (χ2n) is 6.10. The molecule has 144 valence electrons. The number of anilines is 2. The molecule has 0 fully saturated rings. The van der Waals surface area contributed by atoms with Crippen LogP contribution in [0.3, 0.4) is 0 Å². The second-order valence-corrected chi connectivity index (χ2v) is 6.10. The highest BCUT2D eigenvalue weighted by Gasteiger charge is 2.30. The Hall–Kier alpha value is -3.42. The summed E-state index contributed by atoms with van der Waals surface area (Å²) in [6.45, 7) is 2.56. The average molecular weight is 386 g/mol. The Kier molecular flexibility index (Phi) is 5.58. The molecule has 0 saturated heterocycles. The Bertz CT molecular complexity index is 972. The van der Waals surface area contributed by atoms with Gasteiger partial charge >= 0.3 is 6.18 Å². The fourth-order valence-electron chi connectivity index (χ4n) is 2.50. The molecule has 3 aromatic rings. The molecule has 2 aromatic carbocycles. The summed E-state index contributed by atoms with van der Waals surface area (Å²) in [4.78, 5) is 20.3. The molecule has 8 heteroatoms. The first-order chi connectivity index (χ1) is 13.3. The lowest BCUT2D eigenvalue weighted by Crippen LogP contribution is -2.15. The summed E-state index contributed by atoms with van der Waals surface area (Å²) in [5.74, 6) is -0.156. The largest absolute Gasteiger partial charge is 0.416 e. The highest BCUT2D eigenvalue weighted by molar-refractivity contribution is 6.02. The summed E-state index contributed by atoms with van der Waals surface area (Å²) in [6, 6.07) is 12.3. The average Bonchev–Trinajstić information content (AvgIpc) is 2.67. The summed E-state index contributed by atoms with van der Waals surface area (Å²) < 4.78 is 38.3. The van der Waals surface area contributed by atoms with Crippen LogP contribution in [0.2, 0.25) is 0 Å². The Morgan fingerprint density at radius 2 is 1.82 bits per heavy atom. The minimum Gasteiger partial charge on any atom is -0.365 e. The van der Waals surface area contributed by atoms with Crippen LogP contribution in [0.15, 0.2) is 60.9 Å². The number of carbonyl (C=O) groups excluding carboxylic acids is 1. The lowest BCUT2D eigenvalue weighted by atomic mass is 10.1. The molecule has 0 spiro atoms. The number of hydrogen-bond acceptors (Lipinski definition) is 4. The Morgan fingerprint density at radius 3 is 2.50 bits per heavy atom. The number of carbonyl (C=O) groups is 1. The van der Waals surface area contributed by atoms with Gasteiger partial charge in [0.25, 0.3) is 5.91 Å². The maximum absolute atomic E-state index is 12.8. The number of alkyl halides is 3. The van der Waals surface area contributed by atoms with Gasteiger partial charge in [-0.3, -0.25) is 4.79 Å². The van der Waals surface area contributed by atoms with Gasteiger partial charge in [-0.25, -0.2) is 9.97 Å². The number of halogens is 3. The van der Waals surface area contributed by atoms with E-state index < -0.39 is 17.6 Å². The Labute approximate surface area is 159 Å². The molecule has 1 aromatic heterocycles. The van der Waals surface area contributed by atoms with Crippen molar-refractivity contribution in [1.29, 1.82) is 0 Å². The lowest BCUT2D eigenvalue weighted by Gasteiger charge is -2.10. The standard InChI is InChI=1S/C20H17F3N4O/c1-13-5-2-3-6-14(13)10-25-18-12-24-17(11-26-18)19(28)27-16-8-4-7-15(9-16)20(21,22)23/h2-9,11-12H,10H2,1H3,(H,25,26)(H,27,28). The van der Waals surface area contributed by atoms with Gasteiger partial charge in [0.05, 0.1) is 18.0 Å². The van der Waals surface area contributed by atoms with Crippen LogP contribution in [-0.2, 0) is 12.7 Å². The van der Waals surface area contributed by atoms with Crippen molar-refractivity contribution < 1.29 is 18.0 Å². The van der Waals surface area contributed by atoms with Crippen LogP contribution < -0.4 is 10.6 Å². The van der Waals surface area contributed by atoms with Crippen molar-refractivity contribution in [2.75, 3.05) is 10.6 Å². The SMILES string of the molecule is Cc1ccccc1CNc1cnc(C(=O)Nc2cccc(C(F)(F)F)c2)cn1. The van der Waals surface area contributed by atoms with Gasteiger partial charge in [-0.15, -0.1) is 0 Å². The second kappa shape index (κ2) is 8.08. The fraction of sp³-hybridized carbons (Fsp3) is 0.150. The van der Waals surface area contributed by atoms with Crippen LogP contribution in [0.4, 0.5) is 24.7 Å². The van der Waals surface area contributed by atoms with Crippen LogP contribution in [0, 0.1) is 6.92 Å². The molecule has 0 bridgehead atoms. The zero-order valence-corrected chi connectivity index (χ0v) is 14.9. The van der Waals surface area contributed by atoms with E-state index in [1.807, 2.05) is 31.2 Å². The third-order valence-corrected chi connectivity index (χ3v) is 4.05. The molecular formula is C20H17F3N4O. The van der Waals surface area contributed by atoms with Crippen molar-refractivity contribution >= 4 is 17.4 Å². The smallest absolute Gasteiger partial charge is 0.365 e. The quantitative estimate of drug-likeness (QED) is 0.669. The third-order valence-electron chi connectivity index (χ3n) is 4.05. The predicted octanol–water partition coefficient (Wildman–Crippen LogP) is 4.67. The molecule has 1 amide bonds. The van der Waals surface area contributed by atoms with Gasteiger partial charge in [0.2, 0.25) is 0 Å². The van der Waals surface area contributed by atoms with Crippen molar-refractivity contribution in [3.05, 3.63) is 83.3 Å². The zero-order valence-electron chi connectivity index (χ0n) is 14.9. The summed E-state index contributed by atoms with van der Waals surface area (Å²) in [5, 5.41) is 5.51. The maximum Gasteiger partial charge on any atom is 0.416 e. The molecular weight excluding hydrogens is 369 g/mol. The van der Waals surface area contributed by atoms with Crippen LogP contribution >= 0.6 is 0 Å². The minimum atomic E-state index is -4.48. The van der Waals surface area contributed by atoms with Crippen molar-refractivity contribution in [3.8, 4) is 0 Å². The Morgan fingerprint density at radius 1 is 1.04 bits per heavy atom. The fourth-order valence-corrected chi connectivity index (χ4v) is 2.50. The van der Waals surface area contributed by atoms with Gasteiger partial charge in [0, 0.05) is 12.2 Å². The van der Waals surface area contributed by atoms with Gasteiger partial charge < -0.3 is 10.6 Å². The summed E-state index contributed by atoms with van der Waals surface area (Å²) in [5.41, 5.74) is 1.44. The van der Waals surface area contributed by atoms with Crippen molar-refractivity contribution in [2.24, 2.45) is 0 Å². The topological polar surface area (TPSA) is 66.9 Å². The monoisotopic (exact) mass is 386 g/mol. The molecule has 0 saturated carbocycles. The number of nitrogens with one attached hydrogen (secondary N) is 2. The van der Waals surface area contributed by atoms with E-state index in [2.05, 4.69) is 20.6 Å². The van der Waals surface area contributed by atoms with Crippen LogP contribution in [-0.4, -0.2) is 15.9 Å². The van der Waals surface area contributed by atoms with E-state index in [4.69, 9.17) is 0 Å². The minimum absolute atomic E-state index is 0.00106. The lowest BCUT2D eigenvalue weighted by molar-refractivity contribution is -0.137. The van der Waals surface area contributed by atoms with Gasteiger partial charge in [0.15, 0.2) is 0 Å². The van der Waals surface area contributed by atoms with E-state index in [1.54, 1.807) is 0 Å². The first-order valence-electron chi connectivity index (χ1n) is 8.42. The van der Waals surface area contributed by atoms with Gasteiger partial charge in [-0.2, -0.15) is 13.2 Å². The number of amides is 1. The summed E-state index contributed by atoms with van der Waals surface area (Å²) >= 11 is 0. The van der Waals surface area contributed by atoms with E-state index in [-0.39, 0.29) is 11.4 Å². The molecule has 0 unspecified atom stereocenters. The van der Waals surface area contributed by atoms with E-state index in [0.29, 0.717) is 12.4 Å². The molecule has 0 atom stereocenters.